The maximum atomic E-state index is 12.9. The number of ether oxygens (including phenoxy) is 2. The number of piperidine rings is 1. The van der Waals surface area contributed by atoms with Gasteiger partial charge >= 0.3 is 11.9 Å². The van der Waals surface area contributed by atoms with Gasteiger partial charge in [0.25, 0.3) is 5.91 Å². The minimum atomic E-state index is -3.66. The molecule has 184 valence electrons. The summed E-state index contributed by atoms with van der Waals surface area (Å²) >= 11 is 0. The highest BCUT2D eigenvalue weighted by Crippen LogP contribution is 2.25. The first kappa shape index (κ1) is 25.4. The minimum Gasteiger partial charge on any atom is -0.465 e. The molecule has 0 aliphatic carbocycles. The van der Waals surface area contributed by atoms with E-state index >= 15 is 0 Å². The van der Waals surface area contributed by atoms with Crippen molar-refractivity contribution >= 4 is 33.6 Å². The molecule has 10 nitrogen and oxygen atoms in total. The summed E-state index contributed by atoms with van der Waals surface area (Å²) in [6.07, 6.45) is 2.65. The summed E-state index contributed by atoms with van der Waals surface area (Å²) in [5.41, 5.74) is 2.08. The number of aromatic amines is 1. The van der Waals surface area contributed by atoms with Crippen molar-refractivity contribution in [2.75, 3.05) is 32.1 Å². The monoisotopic (exact) mass is 491 g/mol. The molecule has 0 saturated carbocycles. The number of benzene rings is 1. The van der Waals surface area contributed by atoms with Gasteiger partial charge in [0.15, 0.2) is 6.61 Å². The maximum Gasteiger partial charge on any atom is 0.355 e. The van der Waals surface area contributed by atoms with Crippen molar-refractivity contribution in [3.63, 3.8) is 0 Å². The number of aromatic nitrogens is 1. The van der Waals surface area contributed by atoms with Gasteiger partial charge in [0.1, 0.15) is 5.69 Å². The number of hydrogen-bond donors (Lipinski definition) is 2. The van der Waals surface area contributed by atoms with Gasteiger partial charge in [-0.2, -0.15) is 4.31 Å². The van der Waals surface area contributed by atoms with Crippen molar-refractivity contribution in [2.45, 2.75) is 44.9 Å². The van der Waals surface area contributed by atoms with Gasteiger partial charge in [-0.1, -0.05) is 12.5 Å². The molecule has 1 aromatic heterocycles. The topological polar surface area (TPSA) is 135 Å². The number of H-pyrrole nitrogens is 1. The first-order valence-corrected chi connectivity index (χ1v) is 12.4. The third-order valence-electron chi connectivity index (χ3n) is 5.80. The van der Waals surface area contributed by atoms with Crippen molar-refractivity contribution in [3.05, 3.63) is 46.3 Å². The standard InChI is InChI=1S/C23H29N3O7S/c1-14-8-9-17(34(30,31)26-10-6-5-7-11-26)12-18(14)25-19(27)13-33-23(29)21-15(2)20(16(3)24-21)22(28)32-4/h8-9,12,24H,5-7,10-11,13H2,1-4H3,(H,25,27). The zero-order chi connectivity index (χ0) is 25.0. The number of nitrogens with zero attached hydrogens (tertiary/aromatic N) is 1. The highest BCUT2D eigenvalue weighted by atomic mass is 32.2. The van der Waals surface area contributed by atoms with Crippen molar-refractivity contribution in [2.24, 2.45) is 0 Å². The second-order valence-electron chi connectivity index (χ2n) is 8.18. The largest absolute Gasteiger partial charge is 0.465 e. The fourth-order valence-electron chi connectivity index (χ4n) is 3.90. The molecule has 0 unspecified atom stereocenters. The number of carbonyl (C=O) groups is 3. The van der Waals surface area contributed by atoms with E-state index < -0.39 is 34.5 Å². The summed E-state index contributed by atoms with van der Waals surface area (Å²) in [5, 5.41) is 2.61. The molecule has 11 heteroatoms. The van der Waals surface area contributed by atoms with E-state index in [0.717, 1.165) is 19.3 Å². The van der Waals surface area contributed by atoms with Gasteiger partial charge in [-0.3, -0.25) is 4.79 Å². The van der Waals surface area contributed by atoms with E-state index in [1.165, 1.54) is 23.5 Å². The summed E-state index contributed by atoms with van der Waals surface area (Å²) in [6.45, 7) is 5.29. The van der Waals surface area contributed by atoms with Gasteiger partial charge in [0.2, 0.25) is 10.0 Å². The molecule has 0 spiro atoms. The van der Waals surface area contributed by atoms with Crippen LogP contribution in [0.2, 0.25) is 0 Å². The van der Waals surface area contributed by atoms with Gasteiger partial charge in [-0.05, 0) is 56.9 Å². The van der Waals surface area contributed by atoms with E-state index in [0.29, 0.717) is 35.6 Å². The molecule has 0 radical (unpaired) electrons. The van der Waals surface area contributed by atoms with Crippen LogP contribution in [0.15, 0.2) is 23.1 Å². The molecule has 1 fully saturated rings. The lowest BCUT2D eigenvalue weighted by Crippen LogP contribution is -2.35. The van der Waals surface area contributed by atoms with Gasteiger partial charge in [-0.15, -0.1) is 0 Å². The first-order valence-electron chi connectivity index (χ1n) is 10.9. The zero-order valence-electron chi connectivity index (χ0n) is 19.7. The molecule has 1 saturated heterocycles. The van der Waals surface area contributed by atoms with Crippen LogP contribution in [0, 0.1) is 20.8 Å². The normalized spacial score (nSPS) is 14.5. The molecule has 1 aliphatic heterocycles. The van der Waals surface area contributed by atoms with Crippen molar-refractivity contribution in [1.82, 2.24) is 9.29 Å². The molecule has 1 aromatic carbocycles. The average molecular weight is 492 g/mol. The Morgan fingerprint density at radius 1 is 1.06 bits per heavy atom. The van der Waals surface area contributed by atoms with Crippen LogP contribution in [0.5, 0.6) is 0 Å². The number of esters is 2. The van der Waals surface area contributed by atoms with Gasteiger partial charge in [0, 0.05) is 24.5 Å². The number of aryl methyl sites for hydroxylation is 2. The van der Waals surface area contributed by atoms with Crippen LogP contribution in [0.1, 0.15) is 56.9 Å². The lowest BCUT2D eigenvalue weighted by Gasteiger charge is -2.26. The lowest BCUT2D eigenvalue weighted by molar-refractivity contribution is -0.119. The summed E-state index contributed by atoms with van der Waals surface area (Å²) < 4.78 is 37.2. The number of hydrogen-bond acceptors (Lipinski definition) is 7. The van der Waals surface area contributed by atoms with E-state index in [9.17, 15) is 22.8 Å². The predicted molar refractivity (Wildman–Crippen MR) is 124 cm³/mol. The van der Waals surface area contributed by atoms with Gasteiger partial charge < -0.3 is 19.8 Å². The molecule has 0 atom stereocenters. The molecule has 0 bridgehead atoms. The van der Waals surface area contributed by atoms with Crippen LogP contribution in [0.4, 0.5) is 5.69 Å². The van der Waals surface area contributed by atoms with E-state index in [1.807, 2.05) is 0 Å². The van der Waals surface area contributed by atoms with Crippen LogP contribution in [0.25, 0.3) is 0 Å². The van der Waals surface area contributed by atoms with Crippen molar-refractivity contribution in [1.29, 1.82) is 0 Å². The van der Waals surface area contributed by atoms with Crippen LogP contribution in [0.3, 0.4) is 0 Å². The number of anilines is 1. The average Bonchev–Trinajstić information content (AvgIpc) is 3.12. The Labute approximate surface area is 198 Å². The Balaban J connectivity index is 1.68. The van der Waals surface area contributed by atoms with Crippen LogP contribution in [-0.2, 0) is 24.3 Å². The fourth-order valence-corrected chi connectivity index (χ4v) is 5.45. The molecular formula is C23H29N3O7S. The van der Waals surface area contributed by atoms with E-state index in [2.05, 4.69) is 10.3 Å². The minimum absolute atomic E-state index is 0.0523. The van der Waals surface area contributed by atoms with Crippen molar-refractivity contribution < 1.29 is 32.3 Å². The van der Waals surface area contributed by atoms with Crippen LogP contribution >= 0.6 is 0 Å². The maximum absolute atomic E-state index is 12.9. The lowest BCUT2D eigenvalue weighted by atomic mass is 10.1. The van der Waals surface area contributed by atoms with Crippen LogP contribution < -0.4 is 5.32 Å². The van der Waals surface area contributed by atoms with Crippen molar-refractivity contribution in [3.8, 4) is 0 Å². The number of carbonyl (C=O) groups excluding carboxylic acids is 3. The summed E-state index contributed by atoms with van der Waals surface area (Å²) in [5.74, 6) is -2.01. The number of nitrogens with one attached hydrogen (secondary N) is 2. The molecule has 34 heavy (non-hydrogen) atoms. The predicted octanol–water partition coefficient (Wildman–Crippen LogP) is 2.70. The smallest absolute Gasteiger partial charge is 0.355 e. The molecule has 3 rings (SSSR count). The highest BCUT2D eigenvalue weighted by Gasteiger charge is 2.27. The third-order valence-corrected chi connectivity index (χ3v) is 7.70. The molecule has 1 amide bonds. The molecule has 2 heterocycles. The first-order chi connectivity index (χ1) is 16.1. The summed E-state index contributed by atoms with van der Waals surface area (Å²) in [6, 6.07) is 4.56. The summed E-state index contributed by atoms with van der Waals surface area (Å²) in [7, 11) is -2.42. The second kappa shape index (κ2) is 10.4. The fraction of sp³-hybridized carbons (Fsp3) is 0.435. The van der Waals surface area contributed by atoms with Gasteiger partial charge in [0.05, 0.1) is 17.6 Å². The summed E-state index contributed by atoms with van der Waals surface area (Å²) in [4.78, 5) is 39.7. The molecular weight excluding hydrogens is 462 g/mol. The zero-order valence-corrected chi connectivity index (χ0v) is 20.5. The van der Waals surface area contributed by atoms with E-state index in [1.54, 1.807) is 26.8 Å². The third kappa shape index (κ3) is 5.31. The Kier molecular flexibility index (Phi) is 7.78. The number of methoxy groups -OCH3 is 1. The van der Waals surface area contributed by atoms with Gasteiger partial charge in [-0.25, -0.2) is 18.0 Å². The molecule has 1 aliphatic rings. The molecule has 2 N–H and O–H groups in total. The Hall–Kier alpha value is -3.18. The van der Waals surface area contributed by atoms with Crippen LogP contribution in [-0.4, -0.2) is 62.4 Å². The highest BCUT2D eigenvalue weighted by molar-refractivity contribution is 7.89. The second-order valence-corrected chi connectivity index (χ2v) is 10.1. The number of rotatable bonds is 7. The number of amides is 1. The Morgan fingerprint density at radius 2 is 1.74 bits per heavy atom. The Morgan fingerprint density at radius 3 is 2.38 bits per heavy atom. The van der Waals surface area contributed by atoms with E-state index in [-0.39, 0.29) is 16.2 Å². The quantitative estimate of drug-likeness (QED) is 0.569. The SMILES string of the molecule is COC(=O)c1c(C)[nH]c(C(=O)OCC(=O)Nc2cc(S(=O)(=O)N3CCCCC3)ccc2C)c1C. The molecule has 2 aromatic rings. The number of sulfonamides is 1. The Bertz CT molecular complexity index is 1210. The van der Waals surface area contributed by atoms with E-state index in [4.69, 9.17) is 9.47 Å².